The summed E-state index contributed by atoms with van der Waals surface area (Å²) < 4.78 is 0. The molecular weight excluding hydrogens is 689 g/mol. The maximum atomic E-state index is 2.45. The van der Waals surface area contributed by atoms with Crippen molar-refractivity contribution in [1.29, 1.82) is 0 Å². The van der Waals surface area contributed by atoms with Crippen LogP contribution in [0.3, 0.4) is 0 Å². The molecule has 0 amide bonds. The largest absolute Gasteiger partial charge is 0.310 e. The molecule has 0 saturated carbocycles. The second-order valence-corrected chi connectivity index (χ2v) is 14.9. The smallest absolute Gasteiger partial charge is 0.0754 e. The lowest BCUT2D eigenvalue weighted by atomic mass is 9.65. The highest BCUT2D eigenvalue weighted by Gasteiger charge is 2.52. The number of hydrogen-bond donors (Lipinski definition) is 0. The molecule has 0 spiro atoms. The number of para-hydroxylation sites is 4. The first kappa shape index (κ1) is 33.0. The molecule has 1 aliphatic heterocycles. The Balaban J connectivity index is 1.07. The van der Waals surface area contributed by atoms with Crippen molar-refractivity contribution in [3.05, 3.63) is 253 Å². The molecule has 2 nitrogen and oxygen atoms in total. The first-order valence-corrected chi connectivity index (χ1v) is 19.7. The molecule has 2 heteroatoms. The Morgan fingerprint density at radius 2 is 0.930 bits per heavy atom. The number of rotatable bonds is 7. The molecule has 1 atom stereocenters. The van der Waals surface area contributed by atoms with Gasteiger partial charge in [-0.25, -0.2) is 0 Å². The lowest BCUT2D eigenvalue weighted by Gasteiger charge is -2.44. The fraction of sp³-hybridized carbons (Fsp3) is 0.0182. The van der Waals surface area contributed by atoms with Crippen molar-refractivity contribution in [1.82, 2.24) is 0 Å². The molecule has 57 heavy (non-hydrogen) atoms. The van der Waals surface area contributed by atoms with Gasteiger partial charge in [0.1, 0.15) is 0 Å². The fourth-order valence-electron chi connectivity index (χ4n) is 9.49. The number of nitrogens with zero attached hydrogens (tertiary/aromatic N) is 2. The summed E-state index contributed by atoms with van der Waals surface area (Å²) >= 11 is 0. The molecule has 0 aromatic heterocycles. The highest BCUT2D eigenvalue weighted by atomic mass is 15.2. The van der Waals surface area contributed by atoms with Crippen molar-refractivity contribution in [2.45, 2.75) is 5.41 Å². The Morgan fingerprint density at radius 1 is 0.351 bits per heavy atom. The van der Waals surface area contributed by atoms with E-state index in [1.54, 1.807) is 0 Å². The third kappa shape index (κ3) is 5.11. The standard InChI is InChI=1S/C55H38N2/c1-5-18-40(19-6-1)46-26-13-15-29-51(46)56(43-22-9-3-10-23-43)45-35-32-39(33-36-45)41-34-37-49-48(38-41)47-27-17-31-53-54(47)55(49,42-20-7-2-8-21-42)50-28-14-16-30-52(50)57(53)44-24-11-4-12-25-44/h1-38H. The molecule has 1 unspecified atom stereocenters. The highest BCUT2D eigenvalue weighted by molar-refractivity contribution is 6.00. The van der Waals surface area contributed by atoms with E-state index in [-0.39, 0.29) is 0 Å². The lowest BCUT2D eigenvalue weighted by Crippen LogP contribution is -2.35. The molecule has 2 aliphatic rings. The van der Waals surface area contributed by atoms with Crippen LogP contribution in [0.15, 0.2) is 231 Å². The van der Waals surface area contributed by atoms with E-state index in [1.807, 2.05) is 0 Å². The van der Waals surface area contributed by atoms with E-state index < -0.39 is 5.41 Å². The Hall–Kier alpha value is -7.42. The summed E-state index contributed by atoms with van der Waals surface area (Å²) in [5.41, 5.74) is 19.1. The SMILES string of the molecule is c1ccc(-c2ccccc2N(c2ccccc2)c2ccc(-c3ccc4c(c3)-c3cccc5c3C4(c3ccccc3)c3ccccc3N5c3ccccc3)cc2)cc1. The first-order valence-electron chi connectivity index (χ1n) is 19.7. The molecule has 9 aromatic carbocycles. The second kappa shape index (κ2) is 13.4. The zero-order valence-electron chi connectivity index (χ0n) is 31.3. The molecule has 1 heterocycles. The van der Waals surface area contributed by atoms with Crippen LogP contribution in [0.2, 0.25) is 0 Å². The van der Waals surface area contributed by atoms with Crippen LogP contribution in [-0.4, -0.2) is 0 Å². The average molecular weight is 727 g/mol. The quantitative estimate of drug-likeness (QED) is 0.161. The minimum atomic E-state index is -0.463. The summed E-state index contributed by atoms with van der Waals surface area (Å²) in [6.45, 7) is 0. The minimum Gasteiger partial charge on any atom is -0.310 e. The predicted molar refractivity (Wildman–Crippen MR) is 238 cm³/mol. The monoisotopic (exact) mass is 726 g/mol. The van der Waals surface area contributed by atoms with E-state index >= 15 is 0 Å². The van der Waals surface area contributed by atoms with Gasteiger partial charge in [-0.05, 0) is 105 Å². The van der Waals surface area contributed by atoms with Crippen LogP contribution in [0.4, 0.5) is 34.1 Å². The van der Waals surface area contributed by atoms with Crippen molar-refractivity contribution in [3.8, 4) is 33.4 Å². The summed E-state index contributed by atoms with van der Waals surface area (Å²) in [6, 6.07) is 84.0. The van der Waals surface area contributed by atoms with Gasteiger partial charge in [0.2, 0.25) is 0 Å². The number of fused-ring (bicyclic) bond motifs is 5. The maximum Gasteiger partial charge on any atom is 0.0754 e. The van der Waals surface area contributed by atoms with Gasteiger partial charge in [0, 0.05) is 28.2 Å². The van der Waals surface area contributed by atoms with E-state index in [0.717, 1.165) is 22.7 Å². The summed E-state index contributed by atoms with van der Waals surface area (Å²) in [7, 11) is 0. The van der Waals surface area contributed by atoms with E-state index in [0.29, 0.717) is 0 Å². The Kier molecular flexibility index (Phi) is 7.75. The summed E-state index contributed by atoms with van der Waals surface area (Å²) in [6.07, 6.45) is 0. The average Bonchev–Trinajstić information content (AvgIpc) is 3.60. The molecule has 0 bridgehead atoms. The molecule has 1 aliphatic carbocycles. The first-order chi connectivity index (χ1) is 28.3. The summed E-state index contributed by atoms with van der Waals surface area (Å²) in [4.78, 5) is 4.82. The van der Waals surface area contributed by atoms with Crippen molar-refractivity contribution in [2.75, 3.05) is 9.80 Å². The molecule has 268 valence electrons. The van der Waals surface area contributed by atoms with Gasteiger partial charge in [0.05, 0.1) is 22.5 Å². The summed E-state index contributed by atoms with van der Waals surface area (Å²) in [5, 5.41) is 0. The van der Waals surface area contributed by atoms with Crippen molar-refractivity contribution in [2.24, 2.45) is 0 Å². The fourth-order valence-corrected chi connectivity index (χ4v) is 9.49. The highest BCUT2D eigenvalue weighted by Crippen LogP contribution is 2.65. The van der Waals surface area contributed by atoms with E-state index in [2.05, 4.69) is 240 Å². The van der Waals surface area contributed by atoms with Gasteiger partial charge in [0.15, 0.2) is 0 Å². The molecule has 0 fully saturated rings. The van der Waals surface area contributed by atoms with Gasteiger partial charge in [-0.2, -0.15) is 0 Å². The van der Waals surface area contributed by atoms with Crippen LogP contribution in [0.1, 0.15) is 22.3 Å². The van der Waals surface area contributed by atoms with Crippen LogP contribution in [0.25, 0.3) is 33.4 Å². The van der Waals surface area contributed by atoms with Crippen LogP contribution in [0.5, 0.6) is 0 Å². The Labute approximate surface area is 334 Å². The van der Waals surface area contributed by atoms with Gasteiger partial charge in [-0.3, -0.25) is 0 Å². The van der Waals surface area contributed by atoms with Gasteiger partial charge < -0.3 is 9.80 Å². The second-order valence-electron chi connectivity index (χ2n) is 14.9. The van der Waals surface area contributed by atoms with Crippen LogP contribution in [0, 0.1) is 0 Å². The third-order valence-corrected chi connectivity index (χ3v) is 11.8. The maximum absolute atomic E-state index is 2.45. The lowest BCUT2D eigenvalue weighted by molar-refractivity contribution is 0.753. The zero-order valence-corrected chi connectivity index (χ0v) is 31.3. The van der Waals surface area contributed by atoms with Crippen LogP contribution < -0.4 is 9.80 Å². The molecule has 9 aromatic rings. The topological polar surface area (TPSA) is 6.48 Å². The Bertz CT molecular complexity index is 2890. The van der Waals surface area contributed by atoms with Gasteiger partial charge in [0.25, 0.3) is 0 Å². The predicted octanol–water partition coefficient (Wildman–Crippen LogP) is 14.6. The number of anilines is 6. The van der Waals surface area contributed by atoms with Crippen molar-refractivity contribution >= 4 is 34.1 Å². The van der Waals surface area contributed by atoms with E-state index in [1.165, 1.54) is 67.0 Å². The number of hydrogen-bond acceptors (Lipinski definition) is 2. The number of benzene rings is 9. The van der Waals surface area contributed by atoms with Crippen molar-refractivity contribution in [3.63, 3.8) is 0 Å². The third-order valence-electron chi connectivity index (χ3n) is 11.8. The van der Waals surface area contributed by atoms with E-state index in [4.69, 9.17) is 0 Å². The molecule has 0 saturated heterocycles. The van der Waals surface area contributed by atoms with Gasteiger partial charge in [-0.1, -0.05) is 170 Å². The normalized spacial score (nSPS) is 14.7. The molecular formula is C55H38N2. The zero-order chi connectivity index (χ0) is 37.8. The van der Waals surface area contributed by atoms with E-state index in [9.17, 15) is 0 Å². The molecule has 11 rings (SSSR count). The molecule has 0 radical (unpaired) electrons. The van der Waals surface area contributed by atoms with Crippen LogP contribution in [-0.2, 0) is 5.41 Å². The Morgan fingerprint density at radius 3 is 1.70 bits per heavy atom. The van der Waals surface area contributed by atoms with Gasteiger partial charge >= 0.3 is 0 Å². The minimum absolute atomic E-state index is 0.463. The van der Waals surface area contributed by atoms with Crippen LogP contribution >= 0.6 is 0 Å². The van der Waals surface area contributed by atoms with Gasteiger partial charge in [-0.15, -0.1) is 0 Å². The van der Waals surface area contributed by atoms with Crippen molar-refractivity contribution < 1.29 is 0 Å². The molecule has 0 N–H and O–H groups in total. The summed E-state index contributed by atoms with van der Waals surface area (Å²) in [5.74, 6) is 0.